The number of hydrogen-bond donors (Lipinski definition) is 0. The topological polar surface area (TPSA) is 150 Å². The maximum absolute atomic E-state index is 14.0. The molecule has 16 nitrogen and oxygen atoms in total. The number of halogens is 4. The Morgan fingerprint density at radius 3 is 1.18 bits per heavy atom. The summed E-state index contributed by atoms with van der Waals surface area (Å²) in [6, 6.07) is 31.4. The van der Waals surface area contributed by atoms with Crippen LogP contribution in [0.25, 0.3) is 49.6 Å². The van der Waals surface area contributed by atoms with Crippen LogP contribution in [0.5, 0.6) is 0 Å². The Balaban J connectivity index is 0.000000147. The highest BCUT2D eigenvalue weighted by Crippen LogP contribution is 2.39. The number of fused-ring (bicyclic) bond motifs is 3. The molecule has 12 rings (SSSR count). The molecule has 0 saturated heterocycles. The number of aromatic nitrogens is 4. The number of alkyl halides is 3. The van der Waals surface area contributed by atoms with Crippen LogP contribution < -0.4 is 14.7 Å². The van der Waals surface area contributed by atoms with Gasteiger partial charge in [-0.15, -0.1) is 0 Å². The van der Waals surface area contributed by atoms with Gasteiger partial charge < -0.3 is 29.4 Å². The molecule has 0 atom stereocenters. The fraction of sp³-hybridized carbons (Fsp3) is 0.288. The molecule has 0 aliphatic carbocycles. The summed E-state index contributed by atoms with van der Waals surface area (Å²) in [6.45, 7) is 4.89. The van der Waals surface area contributed by atoms with Gasteiger partial charge in [-0.3, -0.25) is 0 Å². The molecular weight excluding hydrogens is 1200 g/mol. The average Bonchev–Trinajstić information content (AvgIpc) is 1.75. The van der Waals surface area contributed by atoms with E-state index >= 15 is 0 Å². The van der Waals surface area contributed by atoms with E-state index in [1.54, 1.807) is 67.1 Å². The zero-order valence-electron chi connectivity index (χ0n) is 51.1. The van der Waals surface area contributed by atoms with E-state index in [1.165, 1.54) is 56.1 Å². The molecule has 0 bridgehead atoms. The number of nitrogens with zero attached hydrogens (tertiary/aromatic N) is 10. The molecule has 89 heavy (non-hydrogen) atoms. The smallest absolute Gasteiger partial charge is 0.378 e. The zero-order chi connectivity index (χ0) is 63.9. The van der Waals surface area contributed by atoms with Crippen LogP contribution in [0.4, 0.5) is 34.6 Å². The summed E-state index contributed by atoms with van der Waals surface area (Å²) in [5.74, 6) is -0.377. The van der Waals surface area contributed by atoms with Gasteiger partial charge in [-0.1, -0.05) is 18.2 Å². The highest BCUT2D eigenvalue weighted by molar-refractivity contribution is 7.90. The molecule has 9 aromatic rings. The molecule has 0 amide bonds. The molecule has 0 unspecified atom stereocenters. The first-order chi connectivity index (χ1) is 42.1. The normalized spacial score (nSPS) is 15.6. The van der Waals surface area contributed by atoms with Crippen molar-refractivity contribution < 1.29 is 42.8 Å². The summed E-state index contributed by atoms with van der Waals surface area (Å²) < 4.78 is 138. The maximum Gasteiger partial charge on any atom is 0.416 e. The van der Waals surface area contributed by atoms with Crippen LogP contribution in [0.15, 0.2) is 179 Å². The number of anilines is 3. The van der Waals surface area contributed by atoms with Crippen LogP contribution in [-0.2, 0) is 36.2 Å². The van der Waals surface area contributed by atoms with E-state index < -0.39 is 41.8 Å². The van der Waals surface area contributed by atoms with Crippen LogP contribution >= 0.6 is 0 Å². The summed E-state index contributed by atoms with van der Waals surface area (Å²) >= 11 is 0. The maximum atomic E-state index is 14.0. The minimum Gasteiger partial charge on any atom is -0.378 e. The van der Waals surface area contributed by atoms with Gasteiger partial charge in [0.05, 0.1) is 31.3 Å². The lowest BCUT2D eigenvalue weighted by atomic mass is 9.98. The number of hydrogen-bond acceptors (Lipinski definition) is 13. The molecule has 3 aliphatic heterocycles. The fourth-order valence-electron chi connectivity index (χ4n) is 11.1. The van der Waals surface area contributed by atoms with Gasteiger partial charge in [0.2, 0.25) is 0 Å². The van der Waals surface area contributed by atoms with Crippen molar-refractivity contribution in [2.24, 2.45) is 0 Å². The molecule has 4 aromatic heterocycles. The molecule has 7 heterocycles. The van der Waals surface area contributed by atoms with Gasteiger partial charge in [0, 0.05) is 156 Å². The average molecular weight is 1270 g/mol. The van der Waals surface area contributed by atoms with Crippen LogP contribution in [-0.4, -0.2) is 160 Å². The predicted molar refractivity (Wildman–Crippen MR) is 349 cm³/mol. The Morgan fingerprint density at radius 2 is 0.809 bits per heavy atom. The Morgan fingerprint density at radius 1 is 0.449 bits per heavy atom. The third-order valence-corrected chi connectivity index (χ3v) is 21.4. The molecule has 0 fully saturated rings. The minimum atomic E-state index is -4.52. The van der Waals surface area contributed by atoms with E-state index in [0.29, 0.717) is 35.1 Å². The van der Waals surface area contributed by atoms with E-state index in [4.69, 9.17) is 0 Å². The van der Waals surface area contributed by atoms with E-state index in [1.807, 2.05) is 101 Å². The van der Waals surface area contributed by atoms with Crippen LogP contribution in [0.2, 0.25) is 0 Å². The molecule has 468 valence electrons. The third kappa shape index (κ3) is 13.3. The molecule has 0 saturated carbocycles. The number of benzene rings is 5. The lowest BCUT2D eigenvalue weighted by molar-refractivity contribution is -0.137. The summed E-state index contributed by atoms with van der Waals surface area (Å²) in [5, 5.41) is 1.77. The highest BCUT2D eigenvalue weighted by atomic mass is 32.2. The first-order valence-corrected chi connectivity index (χ1v) is 33.2. The van der Waals surface area contributed by atoms with E-state index in [2.05, 4.69) is 38.9 Å². The third-order valence-electron chi connectivity index (χ3n) is 16.4. The second-order valence-electron chi connectivity index (χ2n) is 23.2. The summed E-state index contributed by atoms with van der Waals surface area (Å²) in [7, 11) is 5.88. The monoisotopic (exact) mass is 1270 g/mol. The number of likely N-dealkylation sites (N-methyl/N-ethyl adjacent to an activating group) is 3. The van der Waals surface area contributed by atoms with E-state index in [-0.39, 0.29) is 31.4 Å². The highest BCUT2D eigenvalue weighted by Gasteiger charge is 2.33. The second kappa shape index (κ2) is 25.4. The van der Waals surface area contributed by atoms with Crippen LogP contribution in [0.1, 0.15) is 41.5 Å². The van der Waals surface area contributed by atoms with Gasteiger partial charge in [0.15, 0.2) is 5.65 Å². The summed E-state index contributed by atoms with van der Waals surface area (Å²) in [4.78, 5) is 17.1. The largest absolute Gasteiger partial charge is 0.416 e. The van der Waals surface area contributed by atoms with Crippen molar-refractivity contribution >= 4 is 96.7 Å². The first kappa shape index (κ1) is 63.9. The van der Waals surface area contributed by atoms with Crippen molar-refractivity contribution in [2.45, 2.75) is 40.1 Å². The van der Waals surface area contributed by atoms with Crippen molar-refractivity contribution in [1.82, 2.24) is 31.6 Å². The second-order valence-corrected chi connectivity index (χ2v) is 28.6. The quantitative estimate of drug-likeness (QED) is 0.107. The van der Waals surface area contributed by atoms with Gasteiger partial charge in [-0.25, -0.2) is 46.5 Å². The van der Waals surface area contributed by atoms with E-state index in [9.17, 15) is 42.8 Å². The number of pyridine rings is 1. The number of rotatable bonds is 12. The van der Waals surface area contributed by atoms with Crippen LogP contribution in [0, 0.1) is 5.82 Å². The molecule has 0 radical (unpaired) electrons. The lowest BCUT2D eigenvalue weighted by Gasteiger charge is -2.21. The Labute approximate surface area is 518 Å². The van der Waals surface area contributed by atoms with Gasteiger partial charge in [0.25, 0.3) is 30.1 Å². The Hall–Kier alpha value is -8.06. The molecule has 23 heteroatoms. The van der Waals surface area contributed by atoms with Gasteiger partial charge >= 0.3 is 6.18 Å². The predicted octanol–water partition coefficient (Wildman–Crippen LogP) is 11.5. The minimum absolute atomic E-state index is 0.0730. The van der Waals surface area contributed by atoms with Gasteiger partial charge in [0.1, 0.15) is 5.82 Å². The molecular formula is C66H72F4N10O6S3. The summed E-state index contributed by atoms with van der Waals surface area (Å²) in [6.07, 6.45) is 10.5. The Kier molecular flexibility index (Phi) is 18.3. The Bertz CT molecular complexity index is 4550. The molecule has 0 N–H and O–H groups in total. The summed E-state index contributed by atoms with van der Waals surface area (Å²) in [5.41, 5.74) is 8.41. The standard InChI is InChI=1S/C23H24F3N3O2S.C22H24FN3O2S.C21H24N4O2S/c1-27(2)18-5-7-19(8-6-18)32(30,31)29-15-21(16-10-12-28(3)13-11-16)20-14-17(23(24,25)26)4-9-22(20)29;1-24(2)18-5-7-19(8-6-18)29(27,28)26-15-21(16-10-12-25(3)13-11-16)20-14-17(23)4-9-22(20)26;1-23(2)17-6-8-18(9-7-17)28(26,27)25-15-20(16-10-13-24(3)14-11-16)19-5-4-12-22-21(19)25/h4-10,14-15H,11-13H2,1-3H3;4-10,14-15H,11-13H2,1-3H3;4-10,12,15H,11,13-14H2,1-3H3. The van der Waals surface area contributed by atoms with Crippen molar-refractivity contribution in [2.75, 3.05) is 117 Å². The van der Waals surface area contributed by atoms with Crippen LogP contribution in [0.3, 0.4) is 0 Å². The molecule has 3 aliphatic rings. The van der Waals surface area contributed by atoms with E-state index in [0.717, 1.165) is 106 Å². The van der Waals surface area contributed by atoms with Gasteiger partial charge in [-0.2, -0.15) is 13.2 Å². The van der Waals surface area contributed by atoms with Gasteiger partial charge in [-0.05, 0) is 178 Å². The first-order valence-electron chi connectivity index (χ1n) is 28.8. The zero-order valence-corrected chi connectivity index (χ0v) is 53.6. The van der Waals surface area contributed by atoms with Crippen molar-refractivity contribution in [3.8, 4) is 0 Å². The van der Waals surface area contributed by atoms with Crippen molar-refractivity contribution in [1.29, 1.82) is 0 Å². The SMILES string of the molecule is CN1CC=C(c2cn(S(=O)(=O)c3ccc(N(C)C)cc3)c3ccc(C(F)(F)F)cc23)CC1.CN1CC=C(c2cn(S(=O)(=O)c3ccc(N(C)C)cc3)c3ccc(F)cc23)CC1.CN1CC=C(c2cn(S(=O)(=O)c3ccc(N(C)C)cc3)c3ncccc23)CC1. The fourth-order valence-corrected chi connectivity index (χ4v) is 15.1. The lowest BCUT2D eigenvalue weighted by Crippen LogP contribution is -2.23. The van der Waals surface area contributed by atoms with Crippen molar-refractivity contribution in [3.05, 3.63) is 192 Å². The molecule has 0 spiro atoms. The molecule has 5 aromatic carbocycles. The van der Waals surface area contributed by atoms with Crippen molar-refractivity contribution in [3.63, 3.8) is 0 Å².